The average Bonchev–Trinajstić information content (AvgIpc) is 3.87. The summed E-state index contributed by atoms with van der Waals surface area (Å²) in [7, 11) is -0.492. The molecule has 1 amide bonds. The van der Waals surface area contributed by atoms with Crippen LogP contribution in [0.4, 0.5) is 4.79 Å². The van der Waals surface area contributed by atoms with E-state index in [4.69, 9.17) is 43.1 Å². The number of methoxy groups -OCH3 is 1. The number of amides is 1. The molecule has 5 rings (SSSR count). The third-order valence-corrected chi connectivity index (χ3v) is 16.0. The Balaban J connectivity index is 1.62. The number of aromatic nitrogens is 4. The van der Waals surface area contributed by atoms with Crippen LogP contribution >= 0.6 is 34.0 Å². The maximum Gasteiger partial charge on any atom is 0.413 e. The van der Waals surface area contributed by atoms with Gasteiger partial charge in [0.1, 0.15) is 49.5 Å². The highest BCUT2D eigenvalue weighted by molar-refractivity contribution is 7.13. The molecule has 1 aliphatic heterocycles. The molecule has 288 valence electrons. The minimum atomic E-state index is -2.03. The van der Waals surface area contributed by atoms with E-state index in [1.807, 2.05) is 51.4 Å². The lowest BCUT2D eigenvalue weighted by Crippen LogP contribution is -2.47. The number of hydrogen-bond acceptors (Lipinski definition) is 15. The zero-order valence-electron chi connectivity index (χ0n) is 32.4. The van der Waals surface area contributed by atoms with Gasteiger partial charge < -0.3 is 28.1 Å². The average molecular weight is 804 g/mol. The van der Waals surface area contributed by atoms with E-state index in [9.17, 15) is 9.59 Å². The van der Waals surface area contributed by atoms with Crippen LogP contribution in [0.5, 0.6) is 5.75 Å². The lowest BCUT2D eigenvalue weighted by atomic mass is 10.1. The van der Waals surface area contributed by atoms with Crippen molar-refractivity contribution in [3.8, 4) is 38.4 Å². The summed E-state index contributed by atoms with van der Waals surface area (Å²) >= 11 is 4.11. The van der Waals surface area contributed by atoms with E-state index in [2.05, 4.69) is 38.8 Å². The first-order chi connectivity index (χ1) is 24.7. The normalized spacial score (nSPS) is 16.2. The first kappa shape index (κ1) is 40.9. The molecule has 0 spiro atoms. The highest BCUT2D eigenvalue weighted by Gasteiger charge is 2.47. The lowest BCUT2D eigenvalue weighted by Gasteiger charge is -2.35. The highest BCUT2D eigenvalue weighted by atomic mass is 32.1. The van der Waals surface area contributed by atoms with Gasteiger partial charge in [-0.25, -0.2) is 29.5 Å². The minimum Gasteiger partial charge on any atom is -0.465 e. The number of esters is 1. The molecule has 0 radical (unpaired) electrons. The van der Waals surface area contributed by atoms with E-state index >= 15 is 0 Å². The Bertz CT molecular complexity index is 1930. The van der Waals surface area contributed by atoms with Gasteiger partial charge in [-0.2, -0.15) is 0 Å². The van der Waals surface area contributed by atoms with Crippen molar-refractivity contribution in [1.29, 1.82) is 0 Å². The number of ether oxygens (including phenoxy) is 5. The maximum absolute atomic E-state index is 13.5. The molecule has 13 nitrogen and oxygen atoms in total. The molecule has 0 N–H and O–H groups in total. The van der Waals surface area contributed by atoms with Crippen molar-refractivity contribution in [3.05, 3.63) is 38.6 Å². The number of pyridine rings is 1. The molecule has 1 fully saturated rings. The molecule has 1 saturated heterocycles. The highest BCUT2D eigenvalue weighted by Crippen LogP contribution is 2.44. The fourth-order valence-corrected chi connectivity index (χ4v) is 8.50. The van der Waals surface area contributed by atoms with Crippen molar-refractivity contribution in [2.24, 2.45) is 0 Å². The summed E-state index contributed by atoms with van der Waals surface area (Å²) in [6.45, 7) is 22.8. The summed E-state index contributed by atoms with van der Waals surface area (Å²) in [4.78, 5) is 47.4. The zero-order valence-corrected chi connectivity index (χ0v) is 35.9. The van der Waals surface area contributed by atoms with Gasteiger partial charge >= 0.3 is 12.1 Å². The predicted molar refractivity (Wildman–Crippen MR) is 209 cm³/mol. The van der Waals surface area contributed by atoms with Gasteiger partial charge in [0.05, 0.1) is 25.5 Å². The summed E-state index contributed by atoms with van der Waals surface area (Å²) < 4.78 is 34.9. The number of carbonyl (C=O) groups excluding carboxylic acids is 2. The molecule has 0 bridgehead atoms. The van der Waals surface area contributed by atoms with Crippen LogP contribution < -0.4 is 4.74 Å². The Morgan fingerprint density at radius 2 is 1.70 bits per heavy atom. The van der Waals surface area contributed by atoms with Gasteiger partial charge in [-0.05, 0) is 65.7 Å². The summed E-state index contributed by atoms with van der Waals surface area (Å²) in [5.41, 5.74) is 1.52. The summed E-state index contributed by atoms with van der Waals surface area (Å²) in [6, 6.07) is 1.36. The van der Waals surface area contributed by atoms with Crippen LogP contribution in [0.1, 0.15) is 89.5 Å². The molecule has 1 aliphatic rings. The third-order valence-electron chi connectivity index (χ3n) is 8.81. The van der Waals surface area contributed by atoms with Crippen molar-refractivity contribution in [3.63, 3.8) is 0 Å². The Labute approximate surface area is 324 Å². The van der Waals surface area contributed by atoms with Gasteiger partial charge in [0.25, 0.3) is 0 Å². The molecule has 0 aromatic carbocycles. The van der Waals surface area contributed by atoms with E-state index < -0.39 is 37.7 Å². The number of thiazole rings is 3. The fourth-order valence-electron chi connectivity index (χ4n) is 5.08. The monoisotopic (exact) mass is 803 g/mol. The van der Waals surface area contributed by atoms with E-state index in [0.29, 0.717) is 50.0 Å². The van der Waals surface area contributed by atoms with Crippen LogP contribution in [0.3, 0.4) is 0 Å². The quantitative estimate of drug-likeness (QED) is 0.0765. The lowest BCUT2D eigenvalue weighted by molar-refractivity contribution is -0.0626. The second-order valence-electron chi connectivity index (χ2n) is 15.4. The number of hydrogen-bond donors (Lipinski definition) is 0. The fraction of sp³-hybridized carbons (Fsp3) is 0.556. The van der Waals surface area contributed by atoms with E-state index in [1.54, 1.807) is 17.2 Å². The van der Waals surface area contributed by atoms with Gasteiger partial charge in [-0.1, -0.05) is 20.8 Å². The summed E-state index contributed by atoms with van der Waals surface area (Å²) in [6.07, 6.45) is -0.487. The number of carbonyl (C=O) groups is 2. The van der Waals surface area contributed by atoms with Crippen LogP contribution in [0, 0.1) is 0 Å². The van der Waals surface area contributed by atoms with Crippen LogP contribution in [-0.2, 0) is 30.0 Å². The summed E-state index contributed by atoms with van der Waals surface area (Å²) in [5.74, 6) is -0.135. The maximum atomic E-state index is 13.5. The number of rotatable bonds is 12. The van der Waals surface area contributed by atoms with Gasteiger partial charge in [0.2, 0.25) is 0 Å². The Morgan fingerprint density at radius 1 is 0.981 bits per heavy atom. The van der Waals surface area contributed by atoms with Crippen molar-refractivity contribution in [2.75, 3.05) is 27.1 Å². The molecule has 0 aliphatic carbocycles. The van der Waals surface area contributed by atoms with Gasteiger partial charge in [-0.15, -0.1) is 34.0 Å². The van der Waals surface area contributed by atoms with Crippen molar-refractivity contribution in [2.45, 2.75) is 104 Å². The smallest absolute Gasteiger partial charge is 0.413 e. The molecular formula is C36H49N5O8S3Si. The van der Waals surface area contributed by atoms with Crippen molar-refractivity contribution < 1.29 is 37.7 Å². The number of nitrogens with zero attached hydrogens (tertiary/aromatic N) is 5. The Morgan fingerprint density at radius 3 is 2.36 bits per heavy atom. The van der Waals surface area contributed by atoms with E-state index in [0.717, 1.165) is 5.69 Å². The molecule has 1 atom stereocenters. The van der Waals surface area contributed by atoms with Crippen molar-refractivity contribution in [1.82, 2.24) is 24.8 Å². The van der Waals surface area contributed by atoms with Crippen LogP contribution in [-0.4, -0.2) is 83.7 Å². The SMILES string of the molecule is CCOC(=O)c1csc(-c2nc(-c3csc([C@@H]4COC(C)(C)N4C(=O)OC(C)(C)C)n3)c(-c3nc(CO[Si](C)(C)C(C)(C)C)cs3)cc2OCOC)n1. The van der Waals surface area contributed by atoms with E-state index in [-0.39, 0.29) is 30.7 Å². The van der Waals surface area contributed by atoms with Crippen LogP contribution in [0.25, 0.3) is 32.7 Å². The largest absolute Gasteiger partial charge is 0.465 e. The topological polar surface area (TPSA) is 144 Å². The Kier molecular flexibility index (Phi) is 12.2. The first-order valence-electron chi connectivity index (χ1n) is 17.2. The zero-order chi connectivity index (χ0) is 38.9. The molecule has 4 aromatic rings. The summed E-state index contributed by atoms with van der Waals surface area (Å²) in [5, 5.41) is 7.38. The van der Waals surface area contributed by atoms with Crippen LogP contribution in [0.15, 0.2) is 22.2 Å². The second-order valence-corrected chi connectivity index (χ2v) is 22.8. The minimum absolute atomic E-state index is 0.0497. The molecule has 53 heavy (non-hydrogen) atoms. The van der Waals surface area contributed by atoms with Crippen LogP contribution in [0.2, 0.25) is 18.1 Å². The standard InChI is InChI=1S/C36H49N5O8S3Si/c1-13-45-32(42)24-19-52-31(39-24)28-26(46-20-44-10)14-22(29-37-21(17-50-29)15-48-53(11,12)35(5,6)7)27(40-28)23-18-51-30(38-23)25-16-47-36(8,9)41(25)33(43)49-34(2,3)4/h14,17-19,25H,13,15-16,20H2,1-12H3/t25-/m0/s1. The molecule has 0 unspecified atom stereocenters. The van der Waals surface area contributed by atoms with Gasteiger partial charge in [0.15, 0.2) is 26.6 Å². The predicted octanol–water partition coefficient (Wildman–Crippen LogP) is 9.18. The molecule has 4 aromatic heterocycles. The first-order valence-corrected chi connectivity index (χ1v) is 22.8. The third kappa shape index (κ3) is 9.32. The van der Waals surface area contributed by atoms with E-state index in [1.165, 1.54) is 41.1 Å². The molecule has 17 heteroatoms. The Hall–Kier alpha value is -3.32. The second kappa shape index (κ2) is 15.8. The molecule has 5 heterocycles. The van der Waals surface area contributed by atoms with Gasteiger partial charge in [-0.3, -0.25) is 4.90 Å². The molecule has 0 saturated carbocycles. The molecular weight excluding hydrogens is 755 g/mol. The van der Waals surface area contributed by atoms with Crippen molar-refractivity contribution >= 4 is 54.4 Å². The van der Waals surface area contributed by atoms with Gasteiger partial charge in [0, 0.05) is 28.8 Å².